The Labute approximate surface area is 123 Å². The van der Waals surface area contributed by atoms with Gasteiger partial charge in [-0.05, 0) is 18.6 Å². The van der Waals surface area contributed by atoms with Gasteiger partial charge in [0.05, 0.1) is 0 Å². The van der Waals surface area contributed by atoms with Crippen molar-refractivity contribution in [2.45, 2.75) is 52.6 Å². The van der Waals surface area contributed by atoms with Gasteiger partial charge in [-0.2, -0.15) is 0 Å². The lowest BCUT2D eigenvalue weighted by Crippen LogP contribution is -2.47. The summed E-state index contributed by atoms with van der Waals surface area (Å²) in [7, 11) is 0. The van der Waals surface area contributed by atoms with Crippen LogP contribution < -0.4 is 15.2 Å². The van der Waals surface area contributed by atoms with Crippen molar-refractivity contribution in [3.05, 3.63) is 24.3 Å². The highest BCUT2D eigenvalue weighted by molar-refractivity contribution is 5.40. The van der Waals surface area contributed by atoms with Crippen molar-refractivity contribution >= 4 is 0 Å². The summed E-state index contributed by atoms with van der Waals surface area (Å²) in [5.41, 5.74) is 5.72. The Morgan fingerprint density at radius 2 is 1.62 bits per heavy atom. The van der Waals surface area contributed by atoms with Crippen LogP contribution in [0.3, 0.4) is 0 Å². The average molecular weight is 305 g/mol. The molecule has 0 fully saturated rings. The van der Waals surface area contributed by atoms with Crippen LogP contribution in [-0.2, 0) is 0 Å². The van der Waals surface area contributed by atoms with Crippen molar-refractivity contribution in [3.8, 4) is 11.5 Å². The Morgan fingerprint density at radius 1 is 1.10 bits per heavy atom. The van der Waals surface area contributed by atoms with Gasteiger partial charge in [0.25, 0.3) is 0 Å². The van der Waals surface area contributed by atoms with Crippen molar-refractivity contribution in [1.82, 2.24) is 0 Å². The van der Waals surface area contributed by atoms with Gasteiger partial charge < -0.3 is 15.2 Å². The molecule has 0 heterocycles. The fraction of sp³-hybridized carbons (Fsp3) is 0.600. The van der Waals surface area contributed by atoms with Gasteiger partial charge in [-0.15, -0.1) is 13.2 Å². The van der Waals surface area contributed by atoms with Gasteiger partial charge in [0.15, 0.2) is 11.5 Å². The summed E-state index contributed by atoms with van der Waals surface area (Å²) in [6.07, 6.45) is -4.53. The van der Waals surface area contributed by atoms with Crippen LogP contribution in [0, 0.1) is 5.41 Å². The Morgan fingerprint density at radius 3 is 2.05 bits per heavy atom. The van der Waals surface area contributed by atoms with Crippen LogP contribution in [0.2, 0.25) is 0 Å². The summed E-state index contributed by atoms with van der Waals surface area (Å²) in [6, 6.07) is 5.43. The van der Waals surface area contributed by atoms with Crippen LogP contribution in [0.5, 0.6) is 11.5 Å². The quantitative estimate of drug-likeness (QED) is 0.890. The van der Waals surface area contributed by atoms with Crippen molar-refractivity contribution in [1.29, 1.82) is 0 Å². The molecule has 0 aliphatic rings. The highest BCUT2D eigenvalue weighted by Gasteiger charge is 2.35. The van der Waals surface area contributed by atoms with Gasteiger partial charge in [0.1, 0.15) is 6.10 Å². The number of halogens is 3. The predicted molar refractivity (Wildman–Crippen MR) is 75.3 cm³/mol. The van der Waals surface area contributed by atoms with Crippen LogP contribution in [0.25, 0.3) is 0 Å². The number of rotatable bonds is 5. The molecule has 0 aliphatic carbocycles. The Balaban J connectivity index is 3.04. The standard InChI is InChI=1S/C15H22F3NO2/c1-5-10(19)13(14(2,3)4)20-11-8-6-7-9-12(11)21-15(16,17)18/h6-10,13H,5,19H2,1-4H3. The second-order valence-electron chi connectivity index (χ2n) is 5.97. The zero-order valence-electron chi connectivity index (χ0n) is 12.7. The molecule has 0 bridgehead atoms. The van der Waals surface area contributed by atoms with E-state index in [1.165, 1.54) is 18.2 Å². The molecule has 0 radical (unpaired) electrons. The molecule has 1 aromatic carbocycles. The number of hydrogen-bond donors (Lipinski definition) is 1. The summed E-state index contributed by atoms with van der Waals surface area (Å²) >= 11 is 0. The van der Waals surface area contributed by atoms with E-state index in [2.05, 4.69) is 4.74 Å². The SMILES string of the molecule is CCC(N)C(Oc1ccccc1OC(F)(F)F)C(C)(C)C. The van der Waals surface area contributed by atoms with E-state index in [4.69, 9.17) is 10.5 Å². The van der Waals surface area contributed by atoms with E-state index in [1.807, 2.05) is 27.7 Å². The minimum absolute atomic E-state index is 0.0404. The molecule has 21 heavy (non-hydrogen) atoms. The van der Waals surface area contributed by atoms with Gasteiger partial charge >= 0.3 is 6.36 Å². The molecule has 2 atom stereocenters. The molecule has 2 unspecified atom stereocenters. The molecule has 1 rings (SSSR count). The topological polar surface area (TPSA) is 44.5 Å². The summed E-state index contributed by atoms with van der Waals surface area (Å²) in [4.78, 5) is 0. The van der Waals surface area contributed by atoms with Gasteiger partial charge in [-0.3, -0.25) is 0 Å². The summed E-state index contributed by atoms with van der Waals surface area (Å²) in [5.74, 6) is -0.318. The first-order valence-electron chi connectivity index (χ1n) is 6.81. The third-order valence-electron chi connectivity index (χ3n) is 3.04. The smallest absolute Gasteiger partial charge is 0.484 e. The van der Waals surface area contributed by atoms with E-state index in [0.717, 1.165) is 0 Å². The fourth-order valence-electron chi connectivity index (χ4n) is 2.01. The van der Waals surface area contributed by atoms with E-state index < -0.39 is 12.5 Å². The van der Waals surface area contributed by atoms with Gasteiger partial charge in [0.2, 0.25) is 0 Å². The molecule has 2 N–H and O–H groups in total. The first-order valence-corrected chi connectivity index (χ1v) is 6.81. The van der Waals surface area contributed by atoms with E-state index in [9.17, 15) is 13.2 Å². The van der Waals surface area contributed by atoms with Crippen molar-refractivity contribution in [2.24, 2.45) is 11.1 Å². The lowest BCUT2D eigenvalue weighted by atomic mass is 9.84. The summed E-state index contributed by atoms with van der Waals surface area (Å²) in [5, 5.41) is 0. The fourth-order valence-corrected chi connectivity index (χ4v) is 2.01. The molecule has 0 aliphatic heterocycles. The molecule has 0 saturated carbocycles. The van der Waals surface area contributed by atoms with Gasteiger partial charge in [-0.1, -0.05) is 39.8 Å². The molecular weight excluding hydrogens is 283 g/mol. The van der Waals surface area contributed by atoms with Crippen molar-refractivity contribution in [2.75, 3.05) is 0 Å². The van der Waals surface area contributed by atoms with Crippen LogP contribution >= 0.6 is 0 Å². The maximum absolute atomic E-state index is 12.4. The number of ether oxygens (including phenoxy) is 2. The first-order chi connectivity index (χ1) is 9.54. The average Bonchev–Trinajstić information content (AvgIpc) is 2.33. The Bertz CT molecular complexity index is 455. The third kappa shape index (κ3) is 5.46. The Hall–Kier alpha value is -1.43. The third-order valence-corrected chi connectivity index (χ3v) is 3.04. The maximum Gasteiger partial charge on any atom is 0.573 e. The predicted octanol–water partition coefficient (Wildman–Crippen LogP) is 4.12. The first kappa shape index (κ1) is 17.6. The zero-order chi connectivity index (χ0) is 16.3. The van der Waals surface area contributed by atoms with Crippen molar-refractivity contribution in [3.63, 3.8) is 0 Å². The van der Waals surface area contributed by atoms with E-state index in [-0.39, 0.29) is 23.0 Å². The molecule has 0 amide bonds. The lowest BCUT2D eigenvalue weighted by Gasteiger charge is -2.35. The zero-order valence-corrected chi connectivity index (χ0v) is 12.7. The number of hydrogen-bond acceptors (Lipinski definition) is 3. The second-order valence-corrected chi connectivity index (χ2v) is 5.97. The highest BCUT2D eigenvalue weighted by Crippen LogP contribution is 2.35. The number of alkyl halides is 3. The van der Waals surface area contributed by atoms with Crippen LogP contribution in [0.1, 0.15) is 34.1 Å². The van der Waals surface area contributed by atoms with Gasteiger partial charge in [-0.25, -0.2) is 0 Å². The molecule has 120 valence electrons. The number of benzene rings is 1. The molecule has 0 aromatic heterocycles. The monoisotopic (exact) mass is 305 g/mol. The normalized spacial score (nSPS) is 15.4. The highest BCUT2D eigenvalue weighted by atomic mass is 19.4. The minimum Gasteiger partial charge on any atom is -0.484 e. The van der Waals surface area contributed by atoms with Crippen LogP contribution in [-0.4, -0.2) is 18.5 Å². The van der Waals surface area contributed by atoms with Crippen LogP contribution in [0.15, 0.2) is 24.3 Å². The molecule has 0 saturated heterocycles. The second kappa shape index (κ2) is 6.56. The lowest BCUT2D eigenvalue weighted by molar-refractivity contribution is -0.275. The molecule has 1 aromatic rings. The maximum atomic E-state index is 12.4. The van der Waals surface area contributed by atoms with Gasteiger partial charge in [0, 0.05) is 11.5 Å². The Kier molecular flexibility index (Phi) is 5.50. The minimum atomic E-state index is -4.76. The van der Waals surface area contributed by atoms with Crippen LogP contribution in [0.4, 0.5) is 13.2 Å². The van der Waals surface area contributed by atoms with E-state index >= 15 is 0 Å². The number of nitrogens with two attached hydrogens (primary N) is 1. The number of para-hydroxylation sites is 2. The molecule has 0 spiro atoms. The van der Waals surface area contributed by atoms with E-state index in [0.29, 0.717) is 6.42 Å². The summed E-state index contributed by atoms with van der Waals surface area (Å²) < 4.78 is 47.0. The summed E-state index contributed by atoms with van der Waals surface area (Å²) in [6.45, 7) is 7.70. The van der Waals surface area contributed by atoms with Crippen molar-refractivity contribution < 1.29 is 22.6 Å². The molecule has 6 heteroatoms. The molecular formula is C15H22F3NO2. The molecule has 3 nitrogen and oxygen atoms in total. The largest absolute Gasteiger partial charge is 0.573 e. The van der Waals surface area contributed by atoms with E-state index in [1.54, 1.807) is 6.07 Å².